The summed E-state index contributed by atoms with van der Waals surface area (Å²) in [6.07, 6.45) is 3.37. The van der Waals surface area contributed by atoms with Crippen molar-refractivity contribution >= 4 is 22.2 Å². The van der Waals surface area contributed by atoms with Gasteiger partial charge in [0, 0.05) is 10.9 Å². The second-order valence-electron chi connectivity index (χ2n) is 6.01. The van der Waals surface area contributed by atoms with E-state index < -0.39 is 0 Å². The second-order valence-corrected chi connectivity index (χ2v) is 7.14. The van der Waals surface area contributed by atoms with Crippen LogP contribution in [0.4, 0.5) is 5.00 Å². The molecule has 0 bridgehead atoms. The van der Waals surface area contributed by atoms with Crippen molar-refractivity contribution in [1.82, 2.24) is 5.32 Å². The molecular formula is C14H22N2OS. The molecule has 3 nitrogen and oxygen atoms in total. The Balaban J connectivity index is 2.48. The summed E-state index contributed by atoms with van der Waals surface area (Å²) in [5.41, 5.74) is 8.06. The summed E-state index contributed by atoms with van der Waals surface area (Å²) in [4.78, 5) is 13.6. The number of aryl methyl sites for hydroxylation is 1. The van der Waals surface area contributed by atoms with Crippen LogP contribution in [0.3, 0.4) is 0 Å². The Bertz CT molecular complexity index is 474. The van der Waals surface area contributed by atoms with Crippen molar-refractivity contribution in [2.24, 2.45) is 0 Å². The Hall–Kier alpha value is -1.03. The zero-order valence-corrected chi connectivity index (χ0v) is 12.4. The molecule has 0 aliphatic heterocycles. The average Bonchev–Trinajstić information content (AvgIpc) is 2.54. The summed E-state index contributed by atoms with van der Waals surface area (Å²) in [6.45, 7) is 8.36. The lowest BCUT2D eigenvalue weighted by Gasteiger charge is -2.31. The molecule has 0 spiro atoms. The SMILES string of the molecule is CC(C)NC(=O)c1c(N)sc2c1C(C)(C)CCC2. The van der Waals surface area contributed by atoms with Crippen LogP contribution in [0.5, 0.6) is 0 Å². The number of carbonyl (C=O) groups excluding carboxylic acids is 1. The molecule has 4 heteroatoms. The first-order valence-electron chi connectivity index (χ1n) is 6.55. The molecule has 1 heterocycles. The van der Waals surface area contributed by atoms with E-state index in [0.29, 0.717) is 5.00 Å². The first-order chi connectivity index (χ1) is 8.33. The van der Waals surface area contributed by atoms with E-state index in [0.717, 1.165) is 18.4 Å². The molecule has 0 saturated heterocycles. The molecular weight excluding hydrogens is 244 g/mol. The number of anilines is 1. The molecule has 1 aliphatic rings. The zero-order chi connectivity index (χ0) is 13.5. The fourth-order valence-corrected chi connectivity index (χ4v) is 4.05. The van der Waals surface area contributed by atoms with Crippen molar-refractivity contribution in [2.45, 2.75) is 58.4 Å². The highest BCUT2D eigenvalue weighted by atomic mass is 32.1. The van der Waals surface area contributed by atoms with Crippen LogP contribution in [0.15, 0.2) is 0 Å². The molecule has 0 atom stereocenters. The van der Waals surface area contributed by atoms with E-state index in [2.05, 4.69) is 19.2 Å². The molecule has 1 amide bonds. The third-order valence-corrected chi connectivity index (χ3v) is 4.62. The number of hydrogen-bond donors (Lipinski definition) is 2. The van der Waals surface area contributed by atoms with Crippen LogP contribution in [0.1, 0.15) is 61.3 Å². The molecule has 18 heavy (non-hydrogen) atoms. The topological polar surface area (TPSA) is 55.1 Å². The summed E-state index contributed by atoms with van der Waals surface area (Å²) in [5, 5.41) is 3.64. The average molecular weight is 266 g/mol. The molecule has 100 valence electrons. The number of nitrogen functional groups attached to an aromatic ring is 1. The van der Waals surface area contributed by atoms with Crippen LogP contribution in [-0.2, 0) is 11.8 Å². The van der Waals surface area contributed by atoms with E-state index in [1.165, 1.54) is 16.9 Å². The predicted molar refractivity (Wildman–Crippen MR) is 77.3 cm³/mol. The smallest absolute Gasteiger partial charge is 0.254 e. The van der Waals surface area contributed by atoms with Gasteiger partial charge in [0.05, 0.1) is 10.6 Å². The minimum absolute atomic E-state index is 0.0185. The zero-order valence-electron chi connectivity index (χ0n) is 11.6. The number of rotatable bonds is 2. The number of nitrogens with two attached hydrogens (primary N) is 1. The summed E-state index contributed by atoms with van der Waals surface area (Å²) < 4.78 is 0. The van der Waals surface area contributed by atoms with Crippen LogP contribution in [-0.4, -0.2) is 11.9 Å². The maximum absolute atomic E-state index is 12.3. The van der Waals surface area contributed by atoms with Gasteiger partial charge in [-0.1, -0.05) is 13.8 Å². The van der Waals surface area contributed by atoms with Gasteiger partial charge in [-0.15, -0.1) is 11.3 Å². The van der Waals surface area contributed by atoms with Gasteiger partial charge in [0.2, 0.25) is 0 Å². The van der Waals surface area contributed by atoms with E-state index in [4.69, 9.17) is 5.73 Å². The molecule has 3 N–H and O–H groups in total. The van der Waals surface area contributed by atoms with Gasteiger partial charge >= 0.3 is 0 Å². The maximum atomic E-state index is 12.3. The standard InChI is InChI=1S/C14H22N2OS/c1-8(2)16-13(17)10-11-9(18-12(10)15)6-5-7-14(11,3)4/h8H,5-7,15H2,1-4H3,(H,16,17). The number of nitrogens with one attached hydrogen (secondary N) is 1. The van der Waals surface area contributed by atoms with Gasteiger partial charge in [0.1, 0.15) is 0 Å². The first-order valence-corrected chi connectivity index (χ1v) is 7.37. The molecule has 0 aromatic carbocycles. The number of thiophene rings is 1. The summed E-state index contributed by atoms with van der Waals surface area (Å²) >= 11 is 1.59. The number of hydrogen-bond acceptors (Lipinski definition) is 3. The Morgan fingerprint density at radius 3 is 2.72 bits per heavy atom. The quantitative estimate of drug-likeness (QED) is 0.864. The van der Waals surface area contributed by atoms with Gasteiger partial charge in [-0.3, -0.25) is 4.79 Å². The van der Waals surface area contributed by atoms with E-state index >= 15 is 0 Å². The number of carbonyl (C=O) groups is 1. The summed E-state index contributed by atoms with van der Waals surface area (Å²) in [7, 11) is 0. The van der Waals surface area contributed by atoms with E-state index in [1.807, 2.05) is 13.8 Å². The Kier molecular flexibility index (Phi) is 3.41. The van der Waals surface area contributed by atoms with E-state index in [-0.39, 0.29) is 17.4 Å². The lowest BCUT2D eigenvalue weighted by Crippen LogP contribution is -2.33. The molecule has 0 radical (unpaired) electrons. The second kappa shape index (κ2) is 4.57. The van der Waals surface area contributed by atoms with Gasteiger partial charge in [0.15, 0.2) is 0 Å². The van der Waals surface area contributed by atoms with Crippen LogP contribution < -0.4 is 11.1 Å². The van der Waals surface area contributed by atoms with Gasteiger partial charge in [-0.05, 0) is 44.1 Å². The fourth-order valence-electron chi connectivity index (χ4n) is 2.76. The van der Waals surface area contributed by atoms with Crippen LogP contribution in [0, 0.1) is 0 Å². The van der Waals surface area contributed by atoms with Gasteiger partial charge in [-0.2, -0.15) is 0 Å². The maximum Gasteiger partial charge on any atom is 0.254 e. The highest BCUT2D eigenvalue weighted by Crippen LogP contribution is 2.45. The Labute approximate surface area is 113 Å². The Morgan fingerprint density at radius 2 is 2.11 bits per heavy atom. The number of amides is 1. The molecule has 0 fully saturated rings. The molecule has 2 rings (SSSR count). The minimum Gasteiger partial charge on any atom is -0.390 e. The molecule has 1 aliphatic carbocycles. The number of fused-ring (bicyclic) bond motifs is 1. The first kappa shape index (κ1) is 13.4. The summed E-state index contributed by atoms with van der Waals surface area (Å²) in [5.74, 6) is -0.0185. The van der Waals surface area contributed by atoms with Gasteiger partial charge < -0.3 is 11.1 Å². The lowest BCUT2D eigenvalue weighted by molar-refractivity contribution is 0.0941. The van der Waals surface area contributed by atoms with Crippen molar-refractivity contribution in [3.63, 3.8) is 0 Å². The van der Waals surface area contributed by atoms with Crippen molar-refractivity contribution in [1.29, 1.82) is 0 Å². The minimum atomic E-state index is -0.0185. The largest absolute Gasteiger partial charge is 0.390 e. The third kappa shape index (κ3) is 2.26. The Morgan fingerprint density at radius 1 is 1.44 bits per heavy atom. The highest BCUT2D eigenvalue weighted by Gasteiger charge is 2.35. The van der Waals surface area contributed by atoms with Crippen molar-refractivity contribution in [3.05, 3.63) is 16.0 Å². The van der Waals surface area contributed by atoms with Gasteiger partial charge in [-0.25, -0.2) is 0 Å². The highest BCUT2D eigenvalue weighted by molar-refractivity contribution is 7.16. The monoisotopic (exact) mass is 266 g/mol. The van der Waals surface area contributed by atoms with Crippen LogP contribution in [0.25, 0.3) is 0 Å². The third-order valence-electron chi connectivity index (χ3n) is 3.54. The van der Waals surface area contributed by atoms with Crippen LogP contribution >= 0.6 is 11.3 Å². The van der Waals surface area contributed by atoms with E-state index in [1.54, 1.807) is 11.3 Å². The molecule has 1 aromatic rings. The van der Waals surface area contributed by atoms with Crippen molar-refractivity contribution in [2.75, 3.05) is 5.73 Å². The molecule has 0 unspecified atom stereocenters. The molecule has 1 aromatic heterocycles. The van der Waals surface area contributed by atoms with Crippen molar-refractivity contribution < 1.29 is 4.79 Å². The predicted octanol–water partition coefficient (Wildman–Crippen LogP) is 3.08. The molecule has 0 saturated carbocycles. The summed E-state index contributed by atoms with van der Waals surface area (Å²) in [6, 6.07) is 0.138. The lowest BCUT2D eigenvalue weighted by atomic mass is 9.74. The van der Waals surface area contributed by atoms with Crippen molar-refractivity contribution in [3.8, 4) is 0 Å². The van der Waals surface area contributed by atoms with E-state index in [9.17, 15) is 4.79 Å². The van der Waals surface area contributed by atoms with Gasteiger partial charge in [0.25, 0.3) is 5.91 Å². The fraction of sp³-hybridized carbons (Fsp3) is 0.643. The van der Waals surface area contributed by atoms with Crippen LogP contribution in [0.2, 0.25) is 0 Å². The normalized spacial score (nSPS) is 17.6.